The van der Waals surface area contributed by atoms with E-state index in [4.69, 9.17) is 9.84 Å². The zero-order valence-corrected chi connectivity index (χ0v) is 11.9. The number of carbonyl (C=O) groups is 1. The van der Waals surface area contributed by atoms with Crippen LogP contribution in [0.4, 0.5) is 0 Å². The predicted octanol–water partition coefficient (Wildman–Crippen LogP) is 3.17. The molecule has 0 amide bonds. The van der Waals surface area contributed by atoms with Gasteiger partial charge >= 0.3 is 5.97 Å². The highest BCUT2D eigenvalue weighted by atomic mass is 32.1. The van der Waals surface area contributed by atoms with Crippen LogP contribution >= 0.6 is 11.3 Å². The Kier molecular flexibility index (Phi) is 4.90. The van der Waals surface area contributed by atoms with Crippen LogP contribution in [0.2, 0.25) is 0 Å². The summed E-state index contributed by atoms with van der Waals surface area (Å²) < 4.78 is 5.70. The van der Waals surface area contributed by atoms with E-state index in [1.807, 2.05) is 24.4 Å². The van der Waals surface area contributed by atoms with Crippen molar-refractivity contribution in [2.45, 2.75) is 13.3 Å². The van der Waals surface area contributed by atoms with E-state index in [9.17, 15) is 4.79 Å². The van der Waals surface area contributed by atoms with Gasteiger partial charge in [-0.1, -0.05) is 0 Å². The molecule has 0 unspecified atom stereocenters. The molecule has 2 heterocycles. The van der Waals surface area contributed by atoms with E-state index < -0.39 is 5.97 Å². The molecule has 0 fully saturated rings. The predicted molar refractivity (Wildman–Crippen MR) is 79.2 cm³/mol. The number of ether oxygens (including phenoxy) is 1. The molecular formula is C15H15NO3S. The summed E-state index contributed by atoms with van der Waals surface area (Å²) in [5.41, 5.74) is 2.59. The van der Waals surface area contributed by atoms with Gasteiger partial charge < -0.3 is 9.84 Å². The van der Waals surface area contributed by atoms with Gasteiger partial charge in [0.1, 0.15) is 11.4 Å². The molecule has 20 heavy (non-hydrogen) atoms. The van der Waals surface area contributed by atoms with E-state index >= 15 is 0 Å². The third-order valence-electron chi connectivity index (χ3n) is 2.64. The highest BCUT2D eigenvalue weighted by molar-refractivity contribution is 7.07. The van der Waals surface area contributed by atoms with Gasteiger partial charge in [-0.15, -0.1) is 0 Å². The van der Waals surface area contributed by atoms with Gasteiger partial charge in [-0.2, -0.15) is 11.3 Å². The molecule has 0 aliphatic heterocycles. The van der Waals surface area contributed by atoms with Crippen molar-refractivity contribution in [3.05, 3.63) is 52.0 Å². The lowest BCUT2D eigenvalue weighted by Crippen LogP contribution is -2.03. The molecule has 0 aromatic carbocycles. The summed E-state index contributed by atoms with van der Waals surface area (Å²) in [5.74, 6) is -0.402. The van der Waals surface area contributed by atoms with E-state index in [-0.39, 0.29) is 0 Å². The second-order valence-corrected chi connectivity index (χ2v) is 5.02. The lowest BCUT2D eigenvalue weighted by atomic mass is 10.2. The topological polar surface area (TPSA) is 59.4 Å². The number of thiophene rings is 1. The summed E-state index contributed by atoms with van der Waals surface area (Å²) >= 11 is 1.66. The third-order valence-corrected chi connectivity index (χ3v) is 3.37. The number of carboxylic acid groups (broad SMARTS) is 1. The Morgan fingerprint density at radius 3 is 3.00 bits per heavy atom. The zero-order valence-electron chi connectivity index (χ0n) is 11.1. The quantitative estimate of drug-likeness (QED) is 0.830. The van der Waals surface area contributed by atoms with E-state index in [0.717, 1.165) is 18.2 Å². The van der Waals surface area contributed by atoms with Crippen LogP contribution in [0.15, 0.2) is 35.0 Å². The average Bonchev–Trinajstić information content (AvgIpc) is 2.91. The highest BCUT2D eigenvalue weighted by Gasteiger charge is 2.04. The van der Waals surface area contributed by atoms with Gasteiger partial charge in [0.25, 0.3) is 0 Å². The molecule has 5 heteroatoms. The van der Waals surface area contributed by atoms with Crippen LogP contribution in [0.25, 0.3) is 6.08 Å². The molecule has 0 aliphatic carbocycles. The Morgan fingerprint density at radius 2 is 2.30 bits per heavy atom. The van der Waals surface area contributed by atoms with Gasteiger partial charge in [0, 0.05) is 18.2 Å². The van der Waals surface area contributed by atoms with Crippen molar-refractivity contribution in [2.24, 2.45) is 0 Å². The number of hydrogen-bond donors (Lipinski definition) is 1. The summed E-state index contributed by atoms with van der Waals surface area (Å²) in [5, 5.41) is 12.8. The highest BCUT2D eigenvalue weighted by Crippen LogP contribution is 2.19. The van der Waals surface area contributed by atoms with E-state index in [0.29, 0.717) is 18.1 Å². The molecule has 0 bridgehead atoms. The maximum absolute atomic E-state index is 10.6. The number of carboxylic acids is 1. The van der Waals surface area contributed by atoms with Crippen LogP contribution in [0, 0.1) is 6.92 Å². The average molecular weight is 289 g/mol. The largest absolute Gasteiger partial charge is 0.491 e. The third kappa shape index (κ3) is 4.20. The number of aliphatic carboxylic acids is 1. The zero-order chi connectivity index (χ0) is 14.4. The van der Waals surface area contributed by atoms with Crippen LogP contribution in [-0.2, 0) is 11.2 Å². The van der Waals surface area contributed by atoms with Gasteiger partial charge in [0.15, 0.2) is 0 Å². The molecule has 0 spiro atoms. The van der Waals surface area contributed by atoms with Crippen molar-refractivity contribution in [1.82, 2.24) is 4.98 Å². The van der Waals surface area contributed by atoms with E-state index in [1.54, 1.807) is 11.3 Å². The minimum absolute atomic E-state index is 0.537. The first-order valence-corrected chi connectivity index (χ1v) is 7.12. The van der Waals surface area contributed by atoms with Crippen molar-refractivity contribution in [1.29, 1.82) is 0 Å². The summed E-state index contributed by atoms with van der Waals surface area (Å²) in [6.07, 6.45) is 3.34. The fourth-order valence-corrected chi connectivity index (χ4v) is 2.37. The maximum atomic E-state index is 10.6. The summed E-state index contributed by atoms with van der Waals surface area (Å²) in [6.45, 7) is 2.39. The van der Waals surface area contributed by atoms with Crippen LogP contribution < -0.4 is 4.74 Å². The Morgan fingerprint density at radius 1 is 1.45 bits per heavy atom. The molecule has 0 radical (unpaired) electrons. The second kappa shape index (κ2) is 6.86. The van der Waals surface area contributed by atoms with Gasteiger partial charge in [0.2, 0.25) is 0 Å². The lowest BCUT2D eigenvalue weighted by Gasteiger charge is -2.08. The van der Waals surface area contributed by atoms with Crippen LogP contribution in [-0.4, -0.2) is 22.7 Å². The van der Waals surface area contributed by atoms with Crippen molar-refractivity contribution < 1.29 is 14.6 Å². The standard InChI is InChI=1S/C15H15NO3S/c1-11-2-4-14(13(16-11)3-5-15(17)18)19-8-6-12-7-9-20-10-12/h2-5,7,9-10H,6,8H2,1H3,(H,17,18). The molecule has 0 atom stereocenters. The number of hydrogen-bond acceptors (Lipinski definition) is 4. The summed E-state index contributed by atoms with van der Waals surface area (Å²) in [7, 11) is 0. The number of aryl methyl sites for hydroxylation is 1. The molecule has 4 nitrogen and oxygen atoms in total. The van der Waals surface area contributed by atoms with Gasteiger partial charge in [-0.25, -0.2) is 9.78 Å². The second-order valence-electron chi connectivity index (χ2n) is 4.24. The SMILES string of the molecule is Cc1ccc(OCCc2ccsc2)c(C=CC(=O)O)n1. The van der Waals surface area contributed by atoms with Crippen molar-refractivity contribution >= 4 is 23.4 Å². The number of rotatable bonds is 6. The van der Waals surface area contributed by atoms with Gasteiger partial charge in [-0.05, 0) is 47.5 Å². The summed E-state index contributed by atoms with van der Waals surface area (Å²) in [4.78, 5) is 14.9. The van der Waals surface area contributed by atoms with E-state index in [2.05, 4.69) is 16.4 Å². The normalized spacial score (nSPS) is 10.8. The molecule has 104 valence electrons. The minimum Gasteiger partial charge on any atom is -0.491 e. The number of nitrogens with zero attached hydrogens (tertiary/aromatic N) is 1. The van der Waals surface area contributed by atoms with Crippen LogP contribution in [0.5, 0.6) is 5.75 Å². The van der Waals surface area contributed by atoms with Crippen molar-refractivity contribution in [2.75, 3.05) is 6.61 Å². The fourth-order valence-electron chi connectivity index (χ4n) is 1.67. The molecule has 2 aromatic heterocycles. The first-order chi connectivity index (χ1) is 9.65. The fraction of sp³-hybridized carbons (Fsp3) is 0.200. The van der Waals surface area contributed by atoms with Gasteiger partial charge in [-0.3, -0.25) is 0 Å². The molecule has 0 aliphatic rings. The molecule has 2 rings (SSSR count). The maximum Gasteiger partial charge on any atom is 0.328 e. The summed E-state index contributed by atoms with van der Waals surface area (Å²) in [6, 6.07) is 5.72. The van der Waals surface area contributed by atoms with Crippen LogP contribution in [0.3, 0.4) is 0 Å². The Bertz CT molecular complexity index is 606. The number of pyridine rings is 1. The molecule has 0 saturated carbocycles. The lowest BCUT2D eigenvalue weighted by molar-refractivity contribution is -0.131. The van der Waals surface area contributed by atoms with Gasteiger partial charge in [0.05, 0.1) is 6.61 Å². The Labute approximate surface area is 121 Å². The Hall–Kier alpha value is -2.14. The molecule has 1 N–H and O–H groups in total. The van der Waals surface area contributed by atoms with Crippen LogP contribution in [0.1, 0.15) is 17.0 Å². The smallest absolute Gasteiger partial charge is 0.328 e. The first-order valence-electron chi connectivity index (χ1n) is 6.17. The monoisotopic (exact) mass is 289 g/mol. The number of aromatic nitrogens is 1. The first kappa shape index (κ1) is 14.3. The van der Waals surface area contributed by atoms with E-state index in [1.165, 1.54) is 11.6 Å². The van der Waals surface area contributed by atoms with Crippen molar-refractivity contribution in [3.63, 3.8) is 0 Å². The van der Waals surface area contributed by atoms with Crippen molar-refractivity contribution in [3.8, 4) is 5.75 Å². The Balaban J connectivity index is 2.04. The minimum atomic E-state index is -1.00. The molecule has 0 saturated heterocycles. The molecule has 2 aromatic rings. The molecular weight excluding hydrogens is 274 g/mol.